The van der Waals surface area contributed by atoms with E-state index in [1.807, 2.05) is 13.0 Å². The molecule has 0 aliphatic heterocycles. The summed E-state index contributed by atoms with van der Waals surface area (Å²) in [6, 6.07) is 7.11. The second-order valence-electron chi connectivity index (χ2n) is 4.06. The zero-order valence-corrected chi connectivity index (χ0v) is 11.5. The van der Waals surface area contributed by atoms with Gasteiger partial charge in [-0.1, -0.05) is 42.3 Å². The molecule has 3 nitrogen and oxygen atoms in total. The van der Waals surface area contributed by atoms with Crippen LogP contribution in [0.1, 0.15) is 30.7 Å². The number of rotatable bonds is 4. The van der Waals surface area contributed by atoms with E-state index in [-0.39, 0.29) is 0 Å². The molecule has 0 amide bonds. The van der Waals surface area contributed by atoms with Gasteiger partial charge in [-0.3, -0.25) is 4.68 Å². The summed E-state index contributed by atoms with van der Waals surface area (Å²) in [7, 11) is 0. The summed E-state index contributed by atoms with van der Waals surface area (Å²) in [5.41, 5.74) is 1.32. The number of halogens is 2. The lowest BCUT2D eigenvalue weighted by Gasteiger charge is -2.14. The maximum Gasteiger partial charge on any atom is 0.122 e. The van der Waals surface area contributed by atoms with Gasteiger partial charge in [0.15, 0.2) is 0 Å². The smallest absolute Gasteiger partial charge is 0.122 e. The molecule has 5 heteroatoms. The van der Waals surface area contributed by atoms with Crippen LogP contribution in [-0.2, 0) is 6.54 Å². The Morgan fingerprint density at radius 1 is 1.39 bits per heavy atom. The molecule has 96 valence electrons. The van der Waals surface area contributed by atoms with Gasteiger partial charge < -0.3 is 5.11 Å². The number of hydrogen-bond acceptors (Lipinski definition) is 2. The summed E-state index contributed by atoms with van der Waals surface area (Å²) < 4.78 is 1.73. The van der Waals surface area contributed by atoms with Crippen LogP contribution in [0, 0.1) is 0 Å². The summed E-state index contributed by atoms with van der Waals surface area (Å²) in [4.78, 5) is 0. The first-order chi connectivity index (χ1) is 8.63. The molecule has 0 fully saturated rings. The first-order valence-electron chi connectivity index (χ1n) is 5.78. The van der Waals surface area contributed by atoms with Gasteiger partial charge in [0.2, 0.25) is 0 Å². The Bertz CT molecular complexity index is 540. The quantitative estimate of drug-likeness (QED) is 0.930. The molecular weight excluding hydrogens is 271 g/mol. The van der Waals surface area contributed by atoms with Crippen molar-refractivity contribution in [3.05, 3.63) is 51.8 Å². The molecule has 0 aliphatic rings. The summed E-state index contributed by atoms with van der Waals surface area (Å²) in [6.45, 7) is 2.77. The van der Waals surface area contributed by atoms with E-state index in [1.54, 1.807) is 29.1 Å². The molecule has 1 heterocycles. The molecule has 0 saturated carbocycles. The lowest BCUT2D eigenvalue weighted by molar-refractivity contribution is 0.207. The average Bonchev–Trinajstić information content (AvgIpc) is 2.70. The van der Waals surface area contributed by atoms with E-state index in [0.717, 1.165) is 13.0 Å². The lowest BCUT2D eigenvalue weighted by atomic mass is 10.1. The third kappa shape index (κ3) is 2.69. The molecular formula is C13H14Cl2N2O. The second-order valence-corrected chi connectivity index (χ2v) is 4.90. The monoisotopic (exact) mass is 284 g/mol. The number of aromatic nitrogens is 2. The van der Waals surface area contributed by atoms with E-state index in [2.05, 4.69) is 5.10 Å². The van der Waals surface area contributed by atoms with Crippen molar-refractivity contribution in [3.8, 4) is 0 Å². The predicted molar refractivity (Wildman–Crippen MR) is 73.0 cm³/mol. The number of aliphatic hydroxyl groups excluding tert-OH is 1. The van der Waals surface area contributed by atoms with Gasteiger partial charge in [-0.2, -0.15) is 5.10 Å². The Kier molecular flexibility index (Phi) is 4.27. The van der Waals surface area contributed by atoms with E-state index in [1.165, 1.54) is 0 Å². The van der Waals surface area contributed by atoms with Gasteiger partial charge in [-0.25, -0.2) is 0 Å². The SMILES string of the molecule is CCCn1ncc(Cl)c1C(O)c1cccc(Cl)c1. The number of nitrogens with zero attached hydrogens (tertiary/aromatic N) is 2. The molecule has 0 spiro atoms. The molecule has 1 atom stereocenters. The molecule has 0 radical (unpaired) electrons. The van der Waals surface area contributed by atoms with Gasteiger partial charge in [-0.15, -0.1) is 0 Å². The summed E-state index contributed by atoms with van der Waals surface area (Å²) >= 11 is 12.0. The fourth-order valence-electron chi connectivity index (χ4n) is 1.87. The highest BCUT2D eigenvalue weighted by Gasteiger charge is 2.19. The van der Waals surface area contributed by atoms with Crippen LogP contribution in [0.25, 0.3) is 0 Å². The van der Waals surface area contributed by atoms with Gasteiger partial charge in [0.1, 0.15) is 6.10 Å². The Hall–Kier alpha value is -1.03. The van der Waals surface area contributed by atoms with Crippen molar-refractivity contribution in [1.82, 2.24) is 9.78 Å². The zero-order valence-electron chi connectivity index (χ0n) is 9.98. The highest BCUT2D eigenvalue weighted by Crippen LogP contribution is 2.29. The number of aliphatic hydroxyl groups is 1. The van der Waals surface area contributed by atoms with E-state index < -0.39 is 6.10 Å². The molecule has 0 aliphatic carbocycles. The first-order valence-corrected chi connectivity index (χ1v) is 6.53. The lowest BCUT2D eigenvalue weighted by Crippen LogP contribution is -2.10. The van der Waals surface area contributed by atoms with Gasteiger partial charge in [-0.05, 0) is 24.1 Å². The van der Waals surface area contributed by atoms with E-state index in [0.29, 0.717) is 21.3 Å². The second kappa shape index (κ2) is 5.74. The molecule has 1 unspecified atom stereocenters. The maximum absolute atomic E-state index is 10.4. The van der Waals surface area contributed by atoms with Crippen molar-refractivity contribution in [1.29, 1.82) is 0 Å². The van der Waals surface area contributed by atoms with E-state index >= 15 is 0 Å². The molecule has 2 aromatic rings. The highest BCUT2D eigenvalue weighted by molar-refractivity contribution is 6.31. The van der Waals surface area contributed by atoms with Crippen LogP contribution in [0.5, 0.6) is 0 Å². The Morgan fingerprint density at radius 2 is 2.17 bits per heavy atom. The third-order valence-corrected chi connectivity index (χ3v) is 3.22. The minimum Gasteiger partial charge on any atom is -0.382 e. The van der Waals surface area contributed by atoms with Crippen LogP contribution in [-0.4, -0.2) is 14.9 Å². The predicted octanol–water partition coefficient (Wildman–Crippen LogP) is 3.68. The number of aryl methyl sites for hydroxylation is 1. The van der Waals surface area contributed by atoms with Gasteiger partial charge in [0, 0.05) is 11.6 Å². The van der Waals surface area contributed by atoms with Crippen LogP contribution >= 0.6 is 23.2 Å². The third-order valence-electron chi connectivity index (χ3n) is 2.69. The van der Waals surface area contributed by atoms with E-state index in [9.17, 15) is 5.11 Å². The molecule has 2 rings (SSSR count). The van der Waals surface area contributed by atoms with Crippen LogP contribution < -0.4 is 0 Å². The average molecular weight is 285 g/mol. The van der Waals surface area contributed by atoms with E-state index in [4.69, 9.17) is 23.2 Å². The van der Waals surface area contributed by atoms with Crippen LogP contribution in [0.3, 0.4) is 0 Å². The van der Waals surface area contributed by atoms with Crippen molar-refractivity contribution in [2.75, 3.05) is 0 Å². The minimum atomic E-state index is -0.815. The first kappa shape index (κ1) is 13.4. The summed E-state index contributed by atoms with van der Waals surface area (Å²) in [6.07, 6.45) is 1.67. The van der Waals surface area contributed by atoms with Crippen molar-refractivity contribution in [2.24, 2.45) is 0 Å². The number of hydrogen-bond donors (Lipinski definition) is 1. The molecule has 1 N–H and O–H groups in total. The minimum absolute atomic E-state index is 0.468. The maximum atomic E-state index is 10.4. The molecule has 1 aromatic carbocycles. The highest BCUT2D eigenvalue weighted by atomic mass is 35.5. The zero-order chi connectivity index (χ0) is 13.1. The van der Waals surface area contributed by atoms with Crippen LogP contribution in [0.2, 0.25) is 10.0 Å². The van der Waals surface area contributed by atoms with Crippen LogP contribution in [0.4, 0.5) is 0 Å². The largest absolute Gasteiger partial charge is 0.382 e. The Labute approximate surface area is 116 Å². The van der Waals surface area contributed by atoms with Crippen molar-refractivity contribution < 1.29 is 5.11 Å². The number of benzene rings is 1. The molecule has 0 saturated heterocycles. The Balaban J connectivity index is 2.39. The van der Waals surface area contributed by atoms with Gasteiger partial charge in [0.25, 0.3) is 0 Å². The van der Waals surface area contributed by atoms with Gasteiger partial charge in [0.05, 0.1) is 16.9 Å². The fourth-order valence-corrected chi connectivity index (χ4v) is 2.31. The topological polar surface area (TPSA) is 38.0 Å². The molecule has 18 heavy (non-hydrogen) atoms. The van der Waals surface area contributed by atoms with Gasteiger partial charge >= 0.3 is 0 Å². The van der Waals surface area contributed by atoms with Crippen molar-refractivity contribution in [2.45, 2.75) is 26.0 Å². The molecule has 0 bridgehead atoms. The van der Waals surface area contributed by atoms with Crippen LogP contribution in [0.15, 0.2) is 30.5 Å². The van der Waals surface area contributed by atoms with Crippen molar-refractivity contribution >= 4 is 23.2 Å². The summed E-state index contributed by atoms with van der Waals surface area (Å²) in [5.74, 6) is 0. The Morgan fingerprint density at radius 3 is 2.83 bits per heavy atom. The summed E-state index contributed by atoms with van der Waals surface area (Å²) in [5, 5.41) is 15.6. The standard InChI is InChI=1S/C13H14Cl2N2O/c1-2-6-17-12(11(15)8-16-17)13(18)9-4-3-5-10(14)7-9/h3-5,7-8,13,18H,2,6H2,1H3. The fraction of sp³-hybridized carbons (Fsp3) is 0.308. The normalized spacial score (nSPS) is 12.7. The van der Waals surface area contributed by atoms with Crippen molar-refractivity contribution in [3.63, 3.8) is 0 Å². The molecule has 1 aromatic heterocycles.